The number of hydrogen-bond acceptors (Lipinski definition) is 4. The van der Waals surface area contributed by atoms with E-state index in [4.69, 9.17) is 11.5 Å². The zero-order valence-corrected chi connectivity index (χ0v) is 12.0. The molecule has 1 amide bonds. The summed E-state index contributed by atoms with van der Waals surface area (Å²) >= 11 is 0. The Labute approximate surface area is 111 Å². The minimum Gasteiger partial charge on any atom is -0.369 e. The fourth-order valence-electron chi connectivity index (χ4n) is 2.05. The molecule has 1 heterocycles. The SMILES string of the molecule is CC.NCCCCCN1CCN(CC(N)=O)CC1. The highest BCUT2D eigenvalue weighted by atomic mass is 16.1. The summed E-state index contributed by atoms with van der Waals surface area (Å²) in [4.78, 5) is 15.3. The number of rotatable bonds is 7. The molecule has 18 heavy (non-hydrogen) atoms. The summed E-state index contributed by atoms with van der Waals surface area (Å²) in [5.74, 6) is -0.226. The third-order valence-corrected chi connectivity index (χ3v) is 3.02. The van der Waals surface area contributed by atoms with Gasteiger partial charge in [-0.15, -0.1) is 0 Å². The van der Waals surface area contributed by atoms with Gasteiger partial charge < -0.3 is 16.4 Å². The van der Waals surface area contributed by atoms with Gasteiger partial charge >= 0.3 is 0 Å². The van der Waals surface area contributed by atoms with Crippen LogP contribution in [0.4, 0.5) is 0 Å². The summed E-state index contributed by atoms with van der Waals surface area (Å²) in [6.07, 6.45) is 3.58. The summed E-state index contributed by atoms with van der Waals surface area (Å²) in [5.41, 5.74) is 10.6. The summed E-state index contributed by atoms with van der Waals surface area (Å²) in [7, 11) is 0. The molecule has 0 aromatic rings. The Morgan fingerprint density at radius 1 is 1.00 bits per heavy atom. The van der Waals surface area contributed by atoms with Gasteiger partial charge in [-0.2, -0.15) is 0 Å². The first-order valence-electron chi connectivity index (χ1n) is 7.15. The van der Waals surface area contributed by atoms with Gasteiger partial charge in [0.2, 0.25) is 5.91 Å². The molecular weight excluding hydrogens is 228 g/mol. The van der Waals surface area contributed by atoms with Crippen molar-refractivity contribution in [1.82, 2.24) is 9.80 Å². The Hall–Kier alpha value is -0.650. The van der Waals surface area contributed by atoms with Gasteiger partial charge in [-0.25, -0.2) is 0 Å². The topological polar surface area (TPSA) is 75.6 Å². The first-order chi connectivity index (χ1) is 8.72. The first-order valence-corrected chi connectivity index (χ1v) is 7.15. The highest BCUT2D eigenvalue weighted by Crippen LogP contribution is 2.03. The van der Waals surface area contributed by atoms with Crippen LogP contribution in [-0.4, -0.2) is 61.5 Å². The molecule has 1 aliphatic rings. The summed E-state index contributed by atoms with van der Waals surface area (Å²) in [6.45, 7) is 10.4. The Morgan fingerprint density at radius 2 is 1.56 bits per heavy atom. The average molecular weight is 258 g/mol. The number of piperazine rings is 1. The van der Waals surface area contributed by atoms with Crippen molar-refractivity contribution < 1.29 is 4.79 Å². The maximum Gasteiger partial charge on any atom is 0.231 e. The van der Waals surface area contributed by atoms with E-state index in [9.17, 15) is 4.79 Å². The molecule has 108 valence electrons. The van der Waals surface area contributed by atoms with Crippen LogP contribution in [0.1, 0.15) is 33.1 Å². The molecule has 0 unspecified atom stereocenters. The van der Waals surface area contributed by atoms with Crippen molar-refractivity contribution in [3.63, 3.8) is 0 Å². The van der Waals surface area contributed by atoms with Crippen LogP contribution in [0.15, 0.2) is 0 Å². The maximum absolute atomic E-state index is 10.7. The molecule has 0 atom stereocenters. The number of unbranched alkanes of at least 4 members (excludes halogenated alkanes) is 2. The van der Waals surface area contributed by atoms with Crippen molar-refractivity contribution in [3.8, 4) is 0 Å². The molecule has 0 radical (unpaired) electrons. The Morgan fingerprint density at radius 3 is 2.06 bits per heavy atom. The van der Waals surface area contributed by atoms with E-state index in [1.54, 1.807) is 0 Å². The van der Waals surface area contributed by atoms with E-state index in [0.717, 1.165) is 45.7 Å². The van der Waals surface area contributed by atoms with Crippen molar-refractivity contribution in [2.24, 2.45) is 11.5 Å². The van der Waals surface area contributed by atoms with Crippen LogP contribution >= 0.6 is 0 Å². The van der Waals surface area contributed by atoms with Gasteiger partial charge in [-0.3, -0.25) is 9.69 Å². The van der Waals surface area contributed by atoms with E-state index in [-0.39, 0.29) is 5.91 Å². The zero-order chi connectivity index (χ0) is 13.8. The number of primary amides is 1. The quantitative estimate of drug-likeness (QED) is 0.642. The molecule has 1 aliphatic heterocycles. The number of hydrogen-bond donors (Lipinski definition) is 2. The summed E-state index contributed by atoms with van der Waals surface area (Å²) in [5, 5.41) is 0. The second kappa shape index (κ2) is 11.4. The van der Waals surface area contributed by atoms with E-state index in [1.165, 1.54) is 12.8 Å². The van der Waals surface area contributed by atoms with Crippen molar-refractivity contribution in [1.29, 1.82) is 0 Å². The lowest BCUT2D eigenvalue weighted by molar-refractivity contribution is -0.119. The van der Waals surface area contributed by atoms with Crippen LogP contribution in [0.2, 0.25) is 0 Å². The molecule has 0 bridgehead atoms. The fraction of sp³-hybridized carbons (Fsp3) is 0.923. The molecule has 0 aliphatic carbocycles. The minimum atomic E-state index is -0.226. The summed E-state index contributed by atoms with van der Waals surface area (Å²) < 4.78 is 0. The van der Waals surface area contributed by atoms with Gasteiger partial charge in [-0.1, -0.05) is 20.3 Å². The standard InChI is InChI=1S/C11H24N4O.C2H6/c12-4-2-1-3-5-14-6-8-15(9-7-14)10-11(13)16;1-2/h1-10,12H2,(H2,13,16);1-2H3. The number of amides is 1. The van der Waals surface area contributed by atoms with Gasteiger partial charge in [-0.05, 0) is 25.9 Å². The second-order valence-electron chi connectivity index (χ2n) is 4.43. The number of carbonyl (C=O) groups is 1. The van der Waals surface area contributed by atoms with E-state index in [0.29, 0.717) is 6.54 Å². The normalized spacial score (nSPS) is 17.1. The van der Waals surface area contributed by atoms with E-state index in [1.807, 2.05) is 13.8 Å². The number of nitrogens with two attached hydrogens (primary N) is 2. The lowest BCUT2D eigenvalue weighted by Crippen LogP contribution is -2.48. The van der Waals surface area contributed by atoms with Crippen LogP contribution in [0.5, 0.6) is 0 Å². The van der Waals surface area contributed by atoms with Crippen molar-refractivity contribution >= 4 is 5.91 Å². The van der Waals surface area contributed by atoms with Crippen LogP contribution in [0, 0.1) is 0 Å². The molecule has 0 saturated carbocycles. The molecule has 1 fully saturated rings. The molecule has 4 N–H and O–H groups in total. The second-order valence-corrected chi connectivity index (χ2v) is 4.43. The van der Waals surface area contributed by atoms with E-state index in [2.05, 4.69) is 9.80 Å². The Bertz CT molecular complexity index is 203. The van der Waals surface area contributed by atoms with Gasteiger partial charge in [0.1, 0.15) is 0 Å². The maximum atomic E-state index is 10.7. The summed E-state index contributed by atoms with van der Waals surface area (Å²) in [6, 6.07) is 0. The number of carbonyl (C=O) groups excluding carboxylic acids is 1. The van der Waals surface area contributed by atoms with Crippen LogP contribution in [0.25, 0.3) is 0 Å². The van der Waals surface area contributed by atoms with Crippen molar-refractivity contribution in [3.05, 3.63) is 0 Å². The highest BCUT2D eigenvalue weighted by molar-refractivity contribution is 5.75. The Kier molecular flexibility index (Phi) is 11.0. The zero-order valence-electron chi connectivity index (χ0n) is 12.0. The number of nitrogens with zero attached hydrogens (tertiary/aromatic N) is 2. The molecule has 0 aromatic heterocycles. The minimum absolute atomic E-state index is 0.226. The van der Waals surface area contributed by atoms with Gasteiger partial charge in [0, 0.05) is 26.2 Å². The average Bonchev–Trinajstić information content (AvgIpc) is 2.38. The molecule has 0 aromatic carbocycles. The lowest BCUT2D eigenvalue weighted by atomic mass is 10.2. The van der Waals surface area contributed by atoms with Crippen LogP contribution < -0.4 is 11.5 Å². The first kappa shape index (κ1) is 17.4. The lowest BCUT2D eigenvalue weighted by Gasteiger charge is -2.33. The Balaban J connectivity index is 0.00000137. The molecule has 5 heteroatoms. The van der Waals surface area contributed by atoms with Gasteiger partial charge in [0.15, 0.2) is 0 Å². The van der Waals surface area contributed by atoms with E-state index < -0.39 is 0 Å². The van der Waals surface area contributed by atoms with Gasteiger partial charge in [0.25, 0.3) is 0 Å². The molecule has 1 saturated heterocycles. The molecule has 5 nitrogen and oxygen atoms in total. The van der Waals surface area contributed by atoms with Crippen LogP contribution in [0.3, 0.4) is 0 Å². The smallest absolute Gasteiger partial charge is 0.231 e. The third kappa shape index (κ3) is 8.44. The molecule has 1 rings (SSSR count). The van der Waals surface area contributed by atoms with Crippen molar-refractivity contribution in [2.75, 3.05) is 45.8 Å². The van der Waals surface area contributed by atoms with Gasteiger partial charge in [0.05, 0.1) is 6.54 Å². The monoisotopic (exact) mass is 258 g/mol. The third-order valence-electron chi connectivity index (χ3n) is 3.02. The highest BCUT2D eigenvalue weighted by Gasteiger charge is 2.17. The predicted molar refractivity (Wildman–Crippen MR) is 76.3 cm³/mol. The van der Waals surface area contributed by atoms with E-state index >= 15 is 0 Å². The fourth-order valence-corrected chi connectivity index (χ4v) is 2.05. The van der Waals surface area contributed by atoms with Crippen molar-refractivity contribution in [2.45, 2.75) is 33.1 Å². The molecular formula is C13H30N4O. The largest absolute Gasteiger partial charge is 0.369 e. The van der Waals surface area contributed by atoms with Crippen LogP contribution in [-0.2, 0) is 4.79 Å². The predicted octanol–water partition coefficient (Wildman–Crippen LogP) is 0.245. The molecule has 0 spiro atoms.